The van der Waals surface area contributed by atoms with Crippen LogP contribution in [0.5, 0.6) is 5.75 Å². The number of nitrogens with one attached hydrogen (secondary N) is 1. The number of ether oxygens (including phenoxy) is 1. The first-order chi connectivity index (χ1) is 9.82. The second-order valence-electron chi connectivity index (χ2n) is 5.02. The lowest BCUT2D eigenvalue weighted by molar-refractivity contribution is 0.0952. The first-order valence-corrected chi connectivity index (χ1v) is 8.85. The van der Waals surface area contributed by atoms with Gasteiger partial charge in [-0.15, -0.1) is 0 Å². The van der Waals surface area contributed by atoms with E-state index in [-0.39, 0.29) is 22.1 Å². The van der Waals surface area contributed by atoms with Gasteiger partial charge in [0.1, 0.15) is 4.90 Å². The number of methoxy groups -OCH3 is 1. The van der Waals surface area contributed by atoms with Gasteiger partial charge in [0.2, 0.25) is 10.0 Å². The maximum atomic E-state index is 12.1. The van der Waals surface area contributed by atoms with Gasteiger partial charge in [0.25, 0.3) is 5.91 Å². The molecule has 1 aliphatic carbocycles. The van der Waals surface area contributed by atoms with Crippen LogP contribution in [0.1, 0.15) is 29.6 Å². The summed E-state index contributed by atoms with van der Waals surface area (Å²) in [5, 5.41) is 7.94. The monoisotopic (exact) mass is 376 g/mol. The third-order valence-electron chi connectivity index (χ3n) is 3.32. The van der Waals surface area contributed by atoms with Crippen molar-refractivity contribution in [2.45, 2.75) is 24.2 Å². The standard InChI is InChI=1S/C13H17BrN2O4S/c1-20-12-10(14)6-9(7-11(12)21(15,18)19)13(17)16-5-4-8-2-3-8/h6-8H,2-5H2,1H3,(H,16,17)(H2,15,18,19). The molecule has 2 rings (SSSR count). The lowest BCUT2D eigenvalue weighted by Gasteiger charge is -2.12. The van der Waals surface area contributed by atoms with Crippen molar-refractivity contribution in [2.24, 2.45) is 11.1 Å². The Balaban J connectivity index is 2.22. The molecule has 1 aromatic carbocycles. The zero-order chi connectivity index (χ0) is 15.6. The summed E-state index contributed by atoms with van der Waals surface area (Å²) >= 11 is 3.20. The number of carbonyl (C=O) groups is 1. The topological polar surface area (TPSA) is 98.5 Å². The van der Waals surface area contributed by atoms with E-state index in [1.165, 1.54) is 32.1 Å². The van der Waals surface area contributed by atoms with Crippen LogP contribution in [0.25, 0.3) is 0 Å². The van der Waals surface area contributed by atoms with Crippen LogP contribution in [0.2, 0.25) is 0 Å². The number of primary sulfonamides is 1. The number of carbonyl (C=O) groups excluding carboxylic acids is 1. The molecule has 1 amide bonds. The molecule has 0 atom stereocenters. The minimum atomic E-state index is -3.98. The van der Waals surface area contributed by atoms with E-state index in [1.807, 2.05) is 0 Å². The zero-order valence-corrected chi connectivity index (χ0v) is 14.0. The summed E-state index contributed by atoms with van der Waals surface area (Å²) in [6.45, 7) is 0.581. The molecular formula is C13H17BrN2O4S. The number of hydrogen-bond donors (Lipinski definition) is 2. The van der Waals surface area contributed by atoms with E-state index >= 15 is 0 Å². The van der Waals surface area contributed by atoms with Crippen LogP contribution in [0.3, 0.4) is 0 Å². The van der Waals surface area contributed by atoms with Crippen LogP contribution < -0.4 is 15.2 Å². The average molecular weight is 377 g/mol. The molecule has 1 aromatic rings. The van der Waals surface area contributed by atoms with Crippen LogP contribution >= 0.6 is 15.9 Å². The van der Waals surface area contributed by atoms with Crippen molar-refractivity contribution in [3.8, 4) is 5.75 Å². The van der Waals surface area contributed by atoms with Crippen molar-refractivity contribution in [3.05, 3.63) is 22.2 Å². The van der Waals surface area contributed by atoms with Gasteiger partial charge in [-0.05, 0) is 40.4 Å². The van der Waals surface area contributed by atoms with Crippen molar-refractivity contribution >= 4 is 31.9 Å². The maximum absolute atomic E-state index is 12.1. The largest absolute Gasteiger partial charge is 0.494 e. The molecule has 0 aliphatic heterocycles. The van der Waals surface area contributed by atoms with E-state index in [9.17, 15) is 13.2 Å². The smallest absolute Gasteiger partial charge is 0.251 e. The fraction of sp³-hybridized carbons (Fsp3) is 0.462. The first-order valence-electron chi connectivity index (χ1n) is 6.51. The lowest BCUT2D eigenvalue weighted by Crippen LogP contribution is -2.25. The summed E-state index contributed by atoms with van der Waals surface area (Å²) in [5.74, 6) is 0.476. The molecule has 0 aromatic heterocycles. The minimum absolute atomic E-state index is 0.0898. The molecule has 1 saturated carbocycles. The highest BCUT2D eigenvalue weighted by molar-refractivity contribution is 9.10. The molecule has 0 unspecified atom stereocenters. The summed E-state index contributed by atoms with van der Waals surface area (Å²) < 4.78 is 28.6. The molecule has 21 heavy (non-hydrogen) atoms. The molecule has 3 N–H and O–H groups in total. The second-order valence-corrected chi connectivity index (χ2v) is 7.41. The quantitative estimate of drug-likeness (QED) is 0.787. The fourth-order valence-corrected chi connectivity index (χ4v) is 3.50. The van der Waals surface area contributed by atoms with Gasteiger partial charge in [0, 0.05) is 12.1 Å². The summed E-state index contributed by atoms with van der Waals surface area (Å²) in [6.07, 6.45) is 3.39. The van der Waals surface area contributed by atoms with Crippen LogP contribution in [0.4, 0.5) is 0 Å². The van der Waals surface area contributed by atoms with E-state index in [4.69, 9.17) is 9.88 Å². The van der Waals surface area contributed by atoms with Crippen LogP contribution in [0.15, 0.2) is 21.5 Å². The van der Waals surface area contributed by atoms with Gasteiger partial charge in [-0.3, -0.25) is 4.79 Å². The molecule has 1 fully saturated rings. The molecule has 116 valence electrons. The summed E-state index contributed by atoms with van der Waals surface area (Å²) in [7, 11) is -2.65. The molecule has 6 nitrogen and oxygen atoms in total. The fourth-order valence-electron chi connectivity index (χ4n) is 2.01. The Morgan fingerprint density at radius 3 is 2.67 bits per heavy atom. The van der Waals surface area contributed by atoms with E-state index in [0.29, 0.717) is 16.9 Å². The number of halogens is 1. The van der Waals surface area contributed by atoms with Crippen molar-refractivity contribution < 1.29 is 17.9 Å². The number of nitrogens with two attached hydrogens (primary N) is 1. The summed E-state index contributed by atoms with van der Waals surface area (Å²) in [5.41, 5.74) is 0.225. The van der Waals surface area contributed by atoms with Gasteiger partial charge in [-0.1, -0.05) is 12.8 Å². The molecular weight excluding hydrogens is 360 g/mol. The summed E-state index contributed by atoms with van der Waals surface area (Å²) in [4.78, 5) is 11.9. The van der Waals surface area contributed by atoms with Gasteiger partial charge in [0.15, 0.2) is 5.75 Å². The Hall–Kier alpha value is -1.12. The third kappa shape index (κ3) is 4.18. The molecule has 0 bridgehead atoms. The highest BCUT2D eigenvalue weighted by Crippen LogP contribution is 2.33. The van der Waals surface area contributed by atoms with Gasteiger partial charge < -0.3 is 10.1 Å². The van der Waals surface area contributed by atoms with E-state index in [2.05, 4.69) is 21.2 Å². The molecule has 0 saturated heterocycles. The predicted octanol–water partition coefficient (Wildman–Crippen LogP) is 1.64. The molecule has 1 aliphatic rings. The summed E-state index contributed by atoms with van der Waals surface area (Å²) in [6, 6.07) is 2.74. The molecule has 8 heteroatoms. The van der Waals surface area contributed by atoms with Gasteiger partial charge in [-0.2, -0.15) is 0 Å². The highest BCUT2D eigenvalue weighted by Gasteiger charge is 2.23. The first kappa shape index (κ1) is 16.3. The maximum Gasteiger partial charge on any atom is 0.251 e. The Morgan fingerprint density at radius 2 is 2.14 bits per heavy atom. The molecule has 0 radical (unpaired) electrons. The average Bonchev–Trinajstić information content (AvgIpc) is 3.20. The van der Waals surface area contributed by atoms with Gasteiger partial charge >= 0.3 is 0 Å². The minimum Gasteiger partial charge on any atom is -0.494 e. The predicted molar refractivity (Wildman–Crippen MR) is 81.7 cm³/mol. The van der Waals surface area contributed by atoms with Crippen molar-refractivity contribution in [1.82, 2.24) is 5.32 Å². The highest BCUT2D eigenvalue weighted by atomic mass is 79.9. The Labute approximate surface area is 132 Å². The van der Waals surface area contributed by atoms with Crippen molar-refractivity contribution in [1.29, 1.82) is 0 Å². The van der Waals surface area contributed by atoms with E-state index in [1.54, 1.807) is 0 Å². The van der Waals surface area contributed by atoms with Crippen LogP contribution in [-0.2, 0) is 10.0 Å². The lowest BCUT2D eigenvalue weighted by atomic mass is 10.2. The Kier molecular flexibility index (Phi) is 4.90. The molecule has 0 spiro atoms. The molecule has 0 heterocycles. The number of sulfonamides is 1. The Morgan fingerprint density at radius 1 is 1.48 bits per heavy atom. The van der Waals surface area contributed by atoms with E-state index < -0.39 is 10.0 Å². The second kappa shape index (κ2) is 6.33. The number of amides is 1. The van der Waals surface area contributed by atoms with Gasteiger partial charge in [-0.25, -0.2) is 13.6 Å². The number of rotatable bonds is 6. The van der Waals surface area contributed by atoms with Crippen molar-refractivity contribution in [2.75, 3.05) is 13.7 Å². The van der Waals surface area contributed by atoms with E-state index in [0.717, 1.165) is 6.42 Å². The normalized spacial score (nSPS) is 14.8. The number of benzene rings is 1. The zero-order valence-electron chi connectivity index (χ0n) is 11.6. The Bertz CT molecular complexity index is 656. The van der Waals surface area contributed by atoms with Gasteiger partial charge in [0.05, 0.1) is 11.6 Å². The third-order valence-corrected chi connectivity index (χ3v) is 4.82. The van der Waals surface area contributed by atoms with Crippen LogP contribution in [0, 0.1) is 5.92 Å². The SMILES string of the molecule is COc1c(Br)cc(C(=O)NCCC2CC2)cc1S(N)(=O)=O. The number of hydrogen-bond acceptors (Lipinski definition) is 4. The van der Waals surface area contributed by atoms with Crippen molar-refractivity contribution in [3.63, 3.8) is 0 Å². The van der Waals surface area contributed by atoms with Crippen LogP contribution in [-0.4, -0.2) is 28.0 Å².